The van der Waals surface area contributed by atoms with E-state index in [1.807, 2.05) is 61.2 Å². The van der Waals surface area contributed by atoms with E-state index in [0.717, 1.165) is 48.5 Å². The molecule has 1 saturated carbocycles. The van der Waals surface area contributed by atoms with E-state index in [-0.39, 0.29) is 29.6 Å². The van der Waals surface area contributed by atoms with Crippen LogP contribution in [0.1, 0.15) is 43.7 Å². The van der Waals surface area contributed by atoms with E-state index in [4.69, 9.17) is 4.74 Å². The highest BCUT2D eigenvalue weighted by Crippen LogP contribution is 2.38. The monoisotopic (exact) mass is 392 g/mol. The fraction of sp³-hybridized carbons (Fsp3) is 0.417. The van der Waals surface area contributed by atoms with Crippen LogP contribution >= 0.6 is 0 Å². The van der Waals surface area contributed by atoms with Gasteiger partial charge in [-0.2, -0.15) is 0 Å². The molecule has 0 bridgehead atoms. The zero-order valence-electron chi connectivity index (χ0n) is 17.3. The van der Waals surface area contributed by atoms with Crippen LogP contribution in [0.15, 0.2) is 42.5 Å². The summed E-state index contributed by atoms with van der Waals surface area (Å²) < 4.78 is 5.23. The highest BCUT2D eigenvalue weighted by atomic mass is 16.5. The Hall–Kier alpha value is -2.82. The van der Waals surface area contributed by atoms with Gasteiger partial charge < -0.3 is 15.0 Å². The molecule has 0 radical (unpaired) electrons. The van der Waals surface area contributed by atoms with Crippen molar-refractivity contribution in [3.05, 3.63) is 53.6 Å². The number of carbonyl (C=O) groups excluding carboxylic acids is 2. The van der Waals surface area contributed by atoms with Crippen LogP contribution < -0.4 is 15.0 Å². The molecule has 0 aromatic heterocycles. The van der Waals surface area contributed by atoms with Crippen LogP contribution in [-0.4, -0.2) is 25.5 Å². The molecule has 0 spiro atoms. The Kier molecular flexibility index (Phi) is 5.31. The number of methoxy groups -OCH3 is 1. The molecular weight excluding hydrogens is 364 g/mol. The first-order chi connectivity index (χ1) is 14.0. The summed E-state index contributed by atoms with van der Waals surface area (Å²) in [6, 6.07) is 13.6. The molecule has 1 aliphatic carbocycles. The summed E-state index contributed by atoms with van der Waals surface area (Å²) in [4.78, 5) is 27.6. The van der Waals surface area contributed by atoms with Crippen LogP contribution in [0.25, 0.3) is 0 Å². The molecule has 1 fully saturated rings. The Morgan fingerprint density at radius 2 is 1.83 bits per heavy atom. The lowest BCUT2D eigenvalue weighted by atomic mass is 9.87. The summed E-state index contributed by atoms with van der Waals surface area (Å²) in [6.07, 6.45) is 2.88. The van der Waals surface area contributed by atoms with E-state index >= 15 is 0 Å². The fourth-order valence-corrected chi connectivity index (χ4v) is 4.11. The Morgan fingerprint density at radius 3 is 2.45 bits per heavy atom. The van der Waals surface area contributed by atoms with Gasteiger partial charge in [0.25, 0.3) is 0 Å². The van der Waals surface area contributed by atoms with Gasteiger partial charge in [0.2, 0.25) is 11.8 Å². The first kappa shape index (κ1) is 19.5. The van der Waals surface area contributed by atoms with Crippen molar-refractivity contribution in [2.75, 3.05) is 23.9 Å². The predicted octanol–water partition coefficient (Wildman–Crippen LogP) is 4.37. The average Bonchev–Trinajstić information content (AvgIpc) is 3.47. The number of hydrogen-bond acceptors (Lipinski definition) is 3. The minimum absolute atomic E-state index is 0.0387. The zero-order chi connectivity index (χ0) is 20.5. The van der Waals surface area contributed by atoms with Gasteiger partial charge in [0.1, 0.15) is 5.75 Å². The molecule has 0 saturated heterocycles. The number of amides is 2. The van der Waals surface area contributed by atoms with Gasteiger partial charge in [-0.05, 0) is 60.6 Å². The third-order valence-corrected chi connectivity index (χ3v) is 5.87. The summed E-state index contributed by atoms with van der Waals surface area (Å²) in [5.74, 6) is 1.04. The average molecular weight is 392 g/mol. The molecule has 4 rings (SSSR count). The maximum absolute atomic E-state index is 13.1. The van der Waals surface area contributed by atoms with Crippen LogP contribution in [0.5, 0.6) is 5.75 Å². The first-order valence-electron chi connectivity index (χ1n) is 10.4. The van der Waals surface area contributed by atoms with Crippen LogP contribution in [-0.2, 0) is 16.0 Å². The van der Waals surface area contributed by atoms with Crippen molar-refractivity contribution in [2.45, 2.75) is 39.0 Å². The number of fused-ring (bicyclic) bond motifs is 1. The highest BCUT2D eigenvalue weighted by Gasteiger charge is 2.36. The third-order valence-electron chi connectivity index (χ3n) is 5.87. The van der Waals surface area contributed by atoms with Crippen molar-refractivity contribution < 1.29 is 14.3 Å². The normalized spacial score (nSPS) is 16.5. The molecule has 1 heterocycles. The van der Waals surface area contributed by atoms with Crippen LogP contribution in [0.2, 0.25) is 0 Å². The zero-order valence-corrected chi connectivity index (χ0v) is 17.3. The van der Waals surface area contributed by atoms with Gasteiger partial charge >= 0.3 is 0 Å². The number of nitrogens with one attached hydrogen (secondary N) is 1. The number of anilines is 2. The largest absolute Gasteiger partial charge is 0.497 e. The predicted molar refractivity (Wildman–Crippen MR) is 114 cm³/mol. The van der Waals surface area contributed by atoms with E-state index in [0.29, 0.717) is 0 Å². The summed E-state index contributed by atoms with van der Waals surface area (Å²) in [5.41, 5.74) is 3.83. The number of nitrogens with zero attached hydrogens (tertiary/aromatic N) is 1. The number of rotatable bonds is 6. The lowest BCUT2D eigenvalue weighted by Crippen LogP contribution is -2.30. The van der Waals surface area contributed by atoms with Gasteiger partial charge in [-0.1, -0.05) is 32.0 Å². The smallest absolute Gasteiger partial charge is 0.232 e. The molecule has 2 amide bonds. The van der Waals surface area contributed by atoms with Gasteiger partial charge in [-0.3, -0.25) is 9.59 Å². The number of ether oxygens (including phenoxy) is 1. The second-order valence-electron chi connectivity index (χ2n) is 8.34. The van der Waals surface area contributed by atoms with Crippen molar-refractivity contribution in [3.63, 3.8) is 0 Å². The minimum atomic E-state index is -0.265. The second kappa shape index (κ2) is 7.90. The van der Waals surface area contributed by atoms with Crippen molar-refractivity contribution in [2.24, 2.45) is 11.8 Å². The summed E-state index contributed by atoms with van der Waals surface area (Å²) in [5, 5.41) is 3.08. The maximum Gasteiger partial charge on any atom is 0.232 e. The van der Waals surface area contributed by atoms with E-state index in [1.54, 1.807) is 7.11 Å². The standard InChI is InChI=1S/C24H28N2O3/c1-15(2)22(17-7-10-20(29-3)11-8-17)23(27)25-19-9-6-16-12-13-26(21(16)14-19)24(28)18-4-5-18/h6-11,14-15,18,22H,4-5,12-13H2,1-3H3,(H,25,27). The molecule has 152 valence electrons. The molecule has 5 heteroatoms. The quantitative estimate of drug-likeness (QED) is 0.794. The third kappa shape index (κ3) is 4.00. The van der Waals surface area contributed by atoms with Crippen molar-refractivity contribution in [1.82, 2.24) is 0 Å². The highest BCUT2D eigenvalue weighted by molar-refractivity contribution is 6.00. The number of benzene rings is 2. The van der Waals surface area contributed by atoms with Gasteiger partial charge in [0, 0.05) is 23.8 Å². The van der Waals surface area contributed by atoms with E-state index in [1.165, 1.54) is 5.56 Å². The Morgan fingerprint density at radius 1 is 1.10 bits per heavy atom. The molecule has 1 unspecified atom stereocenters. The second-order valence-corrected chi connectivity index (χ2v) is 8.34. The van der Waals surface area contributed by atoms with Crippen molar-refractivity contribution in [3.8, 4) is 5.75 Å². The van der Waals surface area contributed by atoms with E-state index < -0.39 is 0 Å². The fourth-order valence-electron chi connectivity index (χ4n) is 4.11. The molecule has 1 aliphatic heterocycles. The van der Waals surface area contributed by atoms with Crippen LogP contribution in [0.3, 0.4) is 0 Å². The molecule has 1 N–H and O–H groups in total. The lowest BCUT2D eigenvalue weighted by molar-refractivity contribution is -0.120. The van der Waals surface area contributed by atoms with Crippen molar-refractivity contribution >= 4 is 23.2 Å². The van der Waals surface area contributed by atoms with Gasteiger partial charge in [0.15, 0.2) is 0 Å². The molecule has 1 atom stereocenters. The topological polar surface area (TPSA) is 58.6 Å². The summed E-state index contributed by atoms with van der Waals surface area (Å²) in [6.45, 7) is 4.84. The van der Waals surface area contributed by atoms with Gasteiger partial charge in [0.05, 0.1) is 13.0 Å². The maximum atomic E-state index is 13.1. The molecule has 2 aromatic carbocycles. The molecule has 5 nitrogen and oxygen atoms in total. The molecule has 2 aromatic rings. The van der Waals surface area contributed by atoms with Gasteiger partial charge in [-0.15, -0.1) is 0 Å². The molecule has 29 heavy (non-hydrogen) atoms. The Balaban J connectivity index is 1.53. The molecule has 2 aliphatic rings. The first-order valence-corrected chi connectivity index (χ1v) is 10.4. The Bertz CT molecular complexity index is 916. The SMILES string of the molecule is COc1ccc(C(C(=O)Nc2ccc3c(c2)N(C(=O)C2CC2)CC3)C(C)C)cc1. The molecular formula is C24H28N2O3. The Labute approximate surface area is 172 Å². The van der Waals surface area contributed by atoms with E-state index in [2.05, 4.69) is 5.32 Å². The summed E-state index contributed by atoms with van der Waals surface area (Å²) >= 11 is 0. The lowest BCUT2D eigenvalue weighted by Gasteiger charge is -2.22. The number of carbonyl (C=O) groups is 2. The van der Waals surface area contributed by atoms with Crippen molar-refractivity contribution in [1.29, 1.82) is 0 Å². The van der Waals surface area contributed by atoms with Crippen LogP contribution in [0, 0.1) is 11.8 Å². The van der Waals surface area contributed by atoms with E-state index in [9.17, 15) is 9.59 Å². The minimum Gasteiger partial charge on any atom is -0.497 e. The summed E-state index contributed by atoms with van der Waals surface area (Å²) in [7, 11) is 1.63. The van der Waals surface area contributed by atoms with Crippen LogP contribution in [0.4, 0.5) is 11.4 Å². The number of hydrogen-bond donors (Lipinski definition) is 1. The van der Waals surface area contributed by atoms with Gasteiger partial charge in [-0.25, -0.2) is 0 Å².